The molecule has 0 radical (unpaired) electrons. The zero-order valence-corrected chi connectivity index (χ0v) is 11.1. The fraction of sp³-hybridized carbons (Fsp3) is 0.571. The number of nitrogens with two attached hydrogens (primary N) is 1. The molecule has 0 heterocycles. The highest BCUT2D eigenvalue weighted by Gasteiger charge is 2.36. The molecule has 1 aromatic carbocycles. The van der Waals surface area contributed by atoms with E-state index in [-0.39, 0.29) is 5.41 Å². The van der Waals surface area contributed by atoms with Crippen LogP contribution in [0.2, 0.25) is 0 Å². The Morgan fingerprint density at radius 1 is 1.58 bits per heavy atom. The first-order valence-electron chi connectivity index (χ1n) is 6.59. The van der Waals surface area contributed by atoms with Gasteiger partial charge < -0.3 is 5.73 Å². The Hall–Kier alpha value is -1.49. The lowest BCUT2D eigenvalue weighted by Crippen LogP contribution is -2.30. The Bertz CT molecular complexity index is 492. The summed E-state index contributed by atoms with van der Waals surface area (Å²) in [5.74, 6) is -0.118. The minimum Gasteiger partial charge on any atom is -0.330 e. The molecule has 0 spiro atoms. The molecule has 2 atom stereocenters. The van der Waals surface area contributed by atoms with Gasteiger partial charge in [0.1, 0.15) is 0 Å². The van der Waals surface area contributed by atoms with E-state index in [0.717, 1.165) is 24.8 Å². The molecular formula is C14H19FN2O2. The van der Waals surface area contributed by atoms with Gasteiger partial charge in [0.2, 0.25) is 5.82 Å². The Morgan fingerprint density at radius 3 is 2.79 bits per heavy atom. The molecule has 2 rings (SSSR count). The fourth-order valence-corrected chi connectivity index (χ4v) is 3.16. The normalized spacial score (nSPS) is 26.6. The molecule has 5 heteroatoms. The number of halogens is 1. The number of hydrogen-bond donors (Lipinski definition) is 1. The molecular weight excluding hydrogens is 247 g/mol. The van der Waals surface area contributed by atoms with Crippen molar-refractivity contribution in [2.45, 2.75) is 32.6 Å². The van der Waals surface area contributed by atoms with Crippen LogP contribution in [0.1, 0.15) is 31.7 Å². The van der Waals surface area contributed by atoms with Crippen LogP contribution in [-0.2, 0) is 6.42 Å². The zero-order valence-electron chi connectivity index (χ0n) is 11.1. The Balaban J connectivity index is 2.19. The Morgan fingerprint density at radius 2 is 2.32 bits per heavy atom. The van der Waals surface area contributed by atoms with Crippen molar-refractivity contribution in [1.29, 1.82) is 0 Å². The second-order valence-electron chi connectivity index (χ2n) is 5.77. The van der Waals surface area contributed by atoms with E-state index in [9.17, 15) is 14.5 Å². The smallest absolute Gasteiger partial charge is 0.304 e. The van der Waals surface area contributed by atoms with E-state index < -0.39 is 16.4 Å². The highest BCUT2D eigenvalue weighted by molar-refractivity contribution is 5.35. The molecule has 0 saturated heterocycles. The topological polar surface area (TPSA) is 69.2 Å². The van der Waals surface area contributed by atoms with Crippen LogP contribution in [0, 0.1) is 27.3 Å². The molecule has 4 nitrogen and oxygen atoms in total. The number of nitro groups is 1. The third-order valence-corrected chi connectivity index (χ3v) is 4.17. The average molecular weight is 266 g/mol. The third kappa shape index (κ3) is 2.92. The highest BCUT2D eigenvalue weighted by atomic mass is 19.1. The van der Waals surface area contributed by atoms with E-state index in [0.29, 0.717) is 18.9 Å². The van der Waals surface area contributed by atoms with E-state index in [2.05, 4.69) is 6.92 Å². The van der Waals surface area contributed by atoms with Crippen LogP contribution >= 0.6 is 0 Å². The molecule has 0 amide bonds. The number of nitrogens with zero attached hydrogens (tertiary/aromatic N) is 1. The van der Waals surface area contributed by atoms with Crippen molar-refractivity contribution in [1.82, 2.24) is 0 Å². The summed E-state index contributed by atoms with van der Waals surface area (Å²) in [5.41, 5.74) is 6.25. The quantitative estimate of drug-likeness (QED) is 0.672. The first-order chi connectivity index (χ1) is 8.96. The molecule has 1 aliphatic rings. The van der Waals surface area contributed by atoms with Crippen molar-refractivity contribution in [3.05, 3.63) is 39.7 Å². The Kier molecular flexibility index (Phi) is 3.85. The first-order valence-corrected chi connectivity index (χ1v) is 6.59. The van der Waals surface area contributed by atoms with E-state index in [4.69, 9.17) is 5.73 Å². The molecule has 2 N–H and O–H groups in total. The van der Waals surface area contributed by atoms with Gasteiger partial charge in [0.25, 0.3) is 0 Å². The summed E-state index contributed by atoms with van der Waals surface area (Å²) >= 11 is 0. The predicted octanol–water partition coefficient (Wildman–Crippen LogP) is 3.04. The second kappa shape index (κ2) is 5.25. The van der Waals surface area contributed by atoms with Gasteiger partial charge in [-0.15, -0.1) is 0 Å². The maximum Gasteiger partial charge on any atom is 0.304 e. The van der Waals surface area contributed by atoms with Gasteiger partial charge >= 0.3 is 5.69 Å². The van der Waals surface area contributed by atoms with Crippen LogP contribution in [-0.4, -0.2) is 11.5 Å². The summed E-state index contributed by atoms with van der Waals surface area (Å²) in [6, 6.07) is 4.16. The summed E-state index contributed by atoms with van der Waals surface area (Å²) in [4.78, 5) is 9.89. The van der Waals surface area contributed by atoms with E-state index in [1.807, 2.05) is 0 Å². The standard InChI is InChI=1S/C14H19FN2O2/c1-10-4-5-14(7-10,9-16)8-11-2-3-13(17(18)19)12(15)6-11/h2-3,6,10H,4-5,7-9,16H2,1H3. The predicted molar refractivity (Wildman–Crippen MR) is 71.3 cm³/mol. The summed E-state index contributed by atoms with van der Waals surface area (Å²) in [6.45, 7) is 2.78. The maximum atomic E-state index is 13.6. The summed E-state index contributed by atoms with van der Waals surface area (Å²) in [7, 11) is 0. The monoisotopic (exact) mass is 266 g/mol. The lowest BCUT2D eigenvalue weighted by Gasteiger charge is -2.27. The lowest BCUT2D eigenvalue weighted by molar-refractivity contribution is -0.387. The third-order valence-electron chi connectivity index (χ3n) is 4.17. The summed E-state index contributed by atoms with van der Waals surface area (Å²) in [5, 5.41) is 10.6. The van der Waals surface area contributed by atoms with Gasteiger partial charge in [0.15, 0.2) is 0 Å². The average Bonchev–Trinajstić information content (AvgIpc) is 2.71. The molecule has 19 heavy (non-hydrogen) atoms. The number of hydrogen-bond acceptors (Lipinski definition) is 3. The minimum absolute atomic E-state index is 0.0298. The summed E-state index contributed by atoms with van der Waals surface area (Å²) in [6.07, 6.45) is 3.93. The summed E-state index contributed by atoms with van der Waals surface area (Å²) < 4.78 is 13.6. The van der Waals surface area contributed by atoms with Crippen LogP contribution in [0.3, 0.4) is 0 Å². The SMILES string of the molecule is CC1CCC(CN)(Cc2ccc([N+](=O)[O-])c(F)c2)C1. The van der Waals surface area contributed by atoms with E-state index >= 15 is 0 Å². The highest BCUT2D eigenvalue weighted by Crippen LogP contribution is 2.43. The zero-order chi connectivity index (χ0) is 14.0. The molecule has 0 aromatic heterocycles. The maximum absolute atomic E-state index is 13.6. The molecule has 1 aliphatic carbocycles. The van der Waals surface area contributed by atoms with Crippen LogP contribution in [0.5, 0.6) is 0 Å². The van der Waals surface area contributed by atoms with Crippen LogP contribution in [0.25, 0.3) is 0 Å². The minimum atomic E-state index is -0.763. The molecule has 104 valence electrons. The van der Waals surface area contributed by atoms with E-state index in [1.165, 1.54) is 12.1 Å². The number of rotatable bonds is 4. The van der Waals surface area contributed by atoms with Gasteiger partial charge in [0, 0.05) is 6.07 Å². The van der Waals surface area contributed by atoms with Crippen molar-refractivity contribution < 1.29 is 9.31 Å². The first kappa shape index (κ1) is 13.9. The largest absolute Gasteiger partial charge is 0.330 e. The van der Waals surface area contributed by atoms with Gasteiger partial charge in [-0.1, -0.05) is 19.4 Å². The van der Waals surface area contributed by atoms with Crippen molar-refractivity contribution in [3.63, 3.8) is 0 Å². The van der Waals surface area contributed by atoms with Gasteiger partial charge in [-0.05, 0) is 48.8 Å². The van der Waals surface area contributed by atoms with Crippen LogP contribution in [0.4, 0.5) is 10.1 Å². The fourth-order valence-electron chi connectivity index (χ4n) is 3.16. The molecule has 1 aromatic rings. The number of nitro benzene ring substituents is 1. The van der Waals surface area contributed by atoms with Crippen molar-refractivity contribution >= 4 is 5.69 Å². The van der Waals surface area contributed by atoms with Gasteiger partial charge in [-0.25, -0.2) is 0 Å². The van der Waals surface area contributed by atoms with Crippen molar-refractivity contribution in [3.8, 4) is 0 Å². The van der Waals surface area contributed by atoms with Gasteiger partial charge in [-0.2, -0.15) is 4.39 Å². The molecule has 0 bridgehead atoms. The Labute approximate surface area is 112 Å². The second-order valence-corrected chi connectivity index (χ2v) is 5.77. The van der Waals surface area contributed by atoms with Crippen LogP contribution in [0.15, 0.2) is 18.2 Å². The molecule has 2 unspecified atom stereocenters. The van der Waals surface area contributed by atoms with Gasteiger partial charge in [0.05, 0.1) is 4.92 Å². The van der Waals surface area contributed by atoms with Crippen molar-refractivity contribution in [2.75, 3.05) is 6.54 Å². The van der Waals surface area contributed by atoms with Crippen LogP contribution < -0.4 is 5.73 Å². The van der Waals surface area contributed by atoms with Crippen molar-refractivity contribution in [2.24, 2.45) is 17.1 Å². The van der Waals surface area contributed by atoms with E-state index in [1.54, 1.807) is 6.07 Å². The number of benzene rings is 1. The molecule has 1 saturated carbocycles. The lowest BCUT2D eigenvalue weighted by atomic mass is 9.79. The van der Waals surface area contributed by atoms with Gasteiger partial charge in [-0.3, -0.25) is 10.1 Å². The molecule has 1 fully saturated rings. The molecule has 0 aliphatic heterocycles.